The number of rotatable bonds is 4. The molecule has 0 spiro atoms. The summed E-state index contributed by atoms with van der Waals surface area (Å²) in [6.45, 7) is 0. The van der Waals surface area contributed by atoms with Crippen molar-refractivity contribution in [3.05, 3.63) is 176 Å². The van der Waals surface area contributed by atoms with Crippen LogP contribution < -0.4 is 0 Å². The number of nitrogens with zero attached hydrogens (tertiary/aromatic N) is 3. The molecule has 0 aliphatic rings. The number of para-hydroxylation sites is 1. The Labute approximate surface area is 289 Å². The topological polar surface area (TPSA) is 38.7 Å². The zero-order valence-electron chi connectivity index (χ0n) is 27.1. The molecule has 0 aliphatic heterocycles. The second-order valence-electron chi connectivity index (χ2n) is 12.8. The van der Waals surface area contributed by atoms with Gasteiger partial charge in [-0.1, -0.05) is 146 Å². The maximum Gasteiger partial charge on any atom is 0.159 e. The first-order valence-electron chi connectivity index (χ1n) is 16.9. The number of aromatic nitrogens is 3. The normalized spacial score (nSPS) is 11.6. The van der Waals surface area contributed by atoms with Gasteiger partial charge in [-0.05, 0) is 67.2 Å². The van der Waals surface area contributed by atoms with Crippen molar-refractivity contribution in [3.63, 3.8) is 0 Å². The number of pyridine rings is 1. The minimum atomic E-state index is 0.692. The molecule has 0 aliphatic carbocycles. The van der Waals surface area contributed by atoms with E-state index in [4.69, 9.17) is 15.0 Å². The molecule has 0 bridgehead atoms. The molecule has 0 saturated heterocycles. The smallest absolute Gasteiger partial charge is 0.159 e. The minimum absolute atomic E-state index is 0.692. The lowest BCUT2D eigenvalue weighted by atomic mass is 9.90. The summed E-state index contributed by atoms with van der Waals surface area (Å²) in [6.07, 6.45) is 3.87. The van der Waals surface area contributed by atoms with Gasteiger partial charge >= 0.3 is 0 Å². The highest BCUT2D eigenvalue weighted by molar-refractivity contribution is 6.33. The average molecular weight is 636 g/mol. The highest BCUT2D eigenvalue weighted by Gasteiger charge is 2.17. The molecule has 10 aromatic rings. The zero-order valence-corrected chi connectivity index (χ0v) is 27.1. The summed E-state index contributed by atoms with van der Waals surface area (Å²) in [7, 11) is 0. The van der Waals surface area contributed by atoms with E-state index in [-0.39, 0.29) is 0 Å². The lowest BCUT2D eigenvalue weighted by Crippen LogP contribution is -1.94. The summed E-state index contributed by atoms with van der Waals surface area (Å²) in [6, 6.07) is 58.0. The van der Waals surface area contributed by atoms with E-state index in [1.165, 1.54) is 59.6 Å². The lowest BCUT2D eigenvalue weighted by molar-refractivity contribution is 1.18. The molecular weight excluding hydrogens is 607 g/mol. The monoisotopic (exact) mass is 635 g/mol. The van der Waals surface area contributed by atoms with E-state index in [1.54, 1.807) is 0 Å². The summed E-state index contributed by atoms with van der Waals surface area (Å²) in [4.78, 5) is 15.0. The molecule has 232 valence electrons. The maximum absolute atomic E-state index is 5.30. The van der Waals surface area contributed by atoms with Crippen LogP contribution in [0.2, 0.25) is 0 Å². The SMILES string of the molecule is c1ccc(-c2cc(-c3cnc(-c4ccc(-c5nc6ccccc6c6c7ccccc7c7ccccc7c56)cc4)nc3)cc3ccccc23)cc1. The molecule has 0 saturated carbocycles. The second-order valence-corrected chi connectivity index (χ2v) is 12.8. The molecule has 0 unspecified atom stereocenters. The van der Waals surface area contributed by atoms with E-state index >= 15 is 0 Å². The van der Waals surface area contributed by atoms with Gasteiger partial charge in [0.05, 0.1) is 11.2 Å². The first-order valence-corrected chi connectivity index (χ1v) is 16.9. The van der Waals surface area contributed by atoms with Crippen LogP contribution in [0.4, 0.5) is 0 Å². The predicted molar refractivity (Wildman–Crippen MR) is 209 cm³/mol. The Bertz CT molecular complexity index is 2890. The fourth-order valence-electron chi connectivity index (χ4n) is 7.57. The third-order valence-corrected chi connectivity index (χ3v) is 9.92. The molecular formula is C47H29N3. The molecule has 3 nitrogen and oxygen atoms in total. The number of fused-ring (bicyclic) bond motifs is 9. The van der Waals surface area contributed by atoms with Crippen molar-refractivity contribution in [2.24, 2.45) is 0 Å². The van der Waals surface area contributed by atoms with Gasteiger partial charge in [0.2, 0.25) is 0 Å². The molecule has 2 heterocycles. The van der Waals surface area contributed by atoms with Gasteiger partial charge in [-0.15, -0.1) is 0 Å². The van der Waals surface area contributed by atoms with Gasteiger partial charge < -0.3 is 0 Å². The van der Waals surface area contributed by atoms with Gasteiger partial charge in [-0.3, -0.25) is 0 Å². The molecule has 0 atom stereocenters. The first kappa shape index (κ1) is 28.3. The van der Waals surface area contributed by atoms with Crippen LogP contribution in [0.1, 0.15) is 0 Å². The van der Waals surface area contributed by atoms with Crippen LogP contribution in [-0.2, 0) is 0 Å². The highest BCUT2D eigenvalue weighted by atomic mass is 14.9. The number of hydrogen-bond acceptors (Lipinski definition) is 3. The van der Waals surface area contributed by atoms with Gasteiger partial charge in [-0.2, -0.15) is 0 Å². The summed E-state index contributed by atoms with van der Waals surface area (Å²) in [5.74, 6) is 0.692. The molecule has 3 heteroatoms. The maximum atomic E-state index is 5.30. The van der Waals surface area contributed by atoms with Gasteiger partial charge in [0.15, 0.2) is 5.82 Å². The fourth-order valence-corrected chi connectivity index (χ4v) is 7.57. The van der Waals surface area contributed by atoms with Crippen molar-refractivity contribution in [2.75, 3.05) is 0 Å². The summed E-state index contributed by atoms with van der Waals surface area (Å²) in [5.41, 5.74) is 8.47. The van der Waals surface area contributed by atoms with Crippen molar-refractivity contribution < 1.29 is 0 Å². The van der Waals surface area contributed by atoms with E-state index in [2.05, 4.69) is 164 Å². The standard InChI is InChI=1S/C47H29N3/c1-2-12-30(13-3-1)42-27-34(26-33-14-4-5-15-36(33)42)35-28-48-47(49-29-35)32-24-22-31(23-25-32)46-45-40-19-9-7-17-38(40)37-16-6-8-18-39(37)44(45)41-20-10-11-21-43(41)50-46/h1-29H. The van der Waals surface area contributed by atoms with Crippen molar-refractivity contribution in [1.82, 2.24) is 15.0 Å². The third kappa shape index (κ3) is 4.56. The van der Waals surface area contributed by atoms with Crippen LogP contribution in [0.3, 0.4) is 0 Å². The molecule has 0 N–H and O–H groups in total. The molecule has 0 amide bonds. The Morgan fingerprint density at radius 3 is 1.62 bits per heavy atom. The second kappa shape index (κ2) is 11.5. The average Bonchev–Trinajstić information content (AvgIpc) is 3.20. The van der Waals surface area contributed by atoms with E-state index in [9.17, 15) is 0 Å². The van der Waals surface area contributed by atoms with Crippen LogP contribution >= 0.6 is 0 Å². The van der Waals surface area contributed by atoms with Gasteiger partial charge in [-0.25, -0.2) is 15.0 Å². The number of benzene rings is 8. The highest BCUT2D eigenvalue weighted by Crippen LogP contribution is 2.43. The molecule has 0 fully saturated rings. The van der Waals surface area contributed by atoms with Crippen LogP contribution in [0.5, 0.6) is 0 Å². The van der Waals surface area contributed by atoms with Crippen LogP contribution in [0.15, 0.2) is 176 Å². The Balaban J connectivity index is 1.07. The van der Waals surface area contributed by atoms with Gasteiger partial charge in [0, 0.05) is 45.2 Å². The Hall–Kier alpha value is -6.71. The Morgan fingerprint density at radius 2 is 0.900 bits per heavy atom. The van der Waals surface area contributed by atoms with Gasteiger partial charge in [0.25, 0.3) is 0 Å². The molecule has 0 radical (unpaired) electrons. The Kier molecular flexibility index (Phi) is 6.49. The number of hydrogen-bond donors (Lipinski definition) is 0. The van der Waals surface area contributed by atoms with E-state index in [0.717, 1.165) is 33.5 Å². The van der Waals surface area contributed by atoms with Crippen molar-refractivity contribution in [3.8, 4) is 44.9 Å². The van der Waals surface area contributed by atoms with Crippen LogP contribution in [0, 0.1) is 0 Å². The summed E-state index contributed by atoms with van der Waals surface area (Å²) in [5, 5.41) is 11.0. The molecule has 8 aromatic carbocycles. The van der Waals surface area contributed by atoms with Crippen LogP contribution in [0.25, 0.3) is 98.9 Å². The van der Waals surface area contributed by atoms with Crippen molar-refractivity contribution in [1.29, 1.82) is 0 Å². The molecule has 50 heavy (non-hydrogen) atoms. The van der Waals surface area contributed by atoms with E-state index < -0.39 is 0 Å². The summed E-state index contributed by atoms with van der Waals surface area (Å²) < 4.78 is 0. The zero-order chi connectivity index (χ0) is 33.0. The van der Waals surface area contributed by atoms with E-state index in [1.807, 2.05) is 12.4 Å². The Morgan fingerprint density at radius 1 is 0.340 bits per heavy atom. The largest absolute Gasteiger partial charge is 0.247 e. The first-order chi connectivity index (χ1) is 24.8. The van der Waals surface area contributed by atoms with Crippen molar-refractivity contribution >= 4 is 54.0 Å². The van der Waals surface area contributed by atoms with Gasteiger partial charge in [0.1, 0.15) is 0 Å². The van der Waals surface area contributed by atoms with Crippen LogP contribution in [-0.4, -0.2) is 15.0 Å². The summed E-state index contributed by atoms with van der Waals surface area (Å²) >= 11 is 0. The predicted octanol–water partition coefficient (Wildman–Crippen LogP) is 12.3. The molecule has 2 aromatic heterocycles. The fraction of sp³-hybridized carbons (Fsp3) is 0. The third-order valence-electron chi connectivity index (χ3n) is 9.92. The lowest BCUT2D eigenvalue weighted by Gasteiger charge is -2.16. The molecule has 10 rings (SSSR count). The van der Waals surface area contributed by atoms with E-state index in [0.29, 0.717) is 5.82 Å². The minimum Gasteiger partial charge on any atom is -0.247 e. The van der Waals surface area contributed by atoms with Crippen molar-refractivity contribution in [2.45, 2.75) is 0 Å². The quantitative estimate of drug-likeness (QED) is 0.181.